The van der Waals surface area contributed by atoms with Crippen LogP contribution in [0.3, 0.4) is 0 Å². The van der Waals surface area contributed by atoms with Crippen molar-refractivity contribution in [2.45, 2.75) is 45.7 Å². The predicted molar refractivity (Wildman–Crippen MR) is 122 cm³/mol. The molecule has 168 valence electrons. The van der Waals surface area contributed by atoms with E-state index in [1.807, 2.05) is 0 Å². The fraction of sp³-hybridized carbons (Fsp3) is 0.318. The molecule has 3 N–H and O–H groups in total. The third-order valence-corrected chi connectivity index (χ3v) is 5.71. The Morgan fingerprint density at radius 2 is 1.78 bits per heavy atom. The van der Waals surface area contributed by atoms with Crippen LogP contribution in [0.1, 0.15) is 53.3 Å². The monoisotopic (exact) mass is 455 g/mol. The van der Waals surface area contributed by atoms with Crippen LogP contribution in [0.25, 0.3) is 10.8 Å². The minimum absolute atomic E-state index is 0.0345. The quantitative estimate of drug-likeness (QED) is 0.355. The van der Waals surface area contributed by atoms with Gasteiger partial charge in [-0.2, -0.15) is 5.10 Å². The molecular formula is C22H25N5O4S. The van der Waals surface area contributed by atoms with E-state index in [0.717, 1.165) is 19.3 Å². The van der Waals surface area contributed by atoms with E-state index >= 15 is 0 Å². The molecule has 1 unspecified atom stereocenters. The molecule has 0 saturated heterocycles. The van der Waals surface area contributed by atoms with E-state index in [0.29, 0.717) is 22.2 Å². The van der Waals surface area contributed by atoms with E-state index in [9.17, 15) is 19.2 Å². The van der Waals surface area contributed by atoms with Crippen molar-refractivity contribution in [3.05, 3.63) is 62.7 Å². The second-order valence-corrected chi connectivity index (χ2v) is 8.19. The van der Waals surface area contributed by atoms with Crippen LogP contribution in [0.5, 0.6) is 0 Å². The summed E-state index contributed by atoms with van der Waals surface area (Å²) >= 11 is 1.26. The number of carbonyl (C=O) groups is 3. The van der Waals surface area contributed by atoms with E-state index in [-0.39, 0.29) is 17.2 Å². The number of nitrogens with one attached hydrogen (secondary N) is 3. The number of thiophene rings is 1. The minimum Gasteiger partial charge on any atom is -0.340 e. The van der Waals surface area contributed by atoms with Gasteiger partial charge in [-0.05, 0) is 30.9 Å². The highest BCUT2D eigenvalue weighted by atomic mass is 32.1. The van der Waals surface area contributed by atoms with E-state index in [4.69, 9.17) is 0 Å². The van der Waals surface area contributed by atoms with Gasteiger partial charge in [0.05, 0.1) is 10.3 Å². The van der Waals surface area contributed by atoms with Gasteiger partial charge < -0.3 is 5.32 Å². The van der Waals surface area contributed by atoms with Gasteiger partial charge >= 0.3 is 0 Å². The normalized spacial score (nSPS) is 11.7. The van der Waals surface area contributed by atoms with Gasteiger partial charge in [0, 0.05) is 11.9 Å². The second-order valence-electron chi connectivity index (χ2n) is 7.25. The van der Waals surface area contributed by atoms with Crippen molar-refractivity contribution in [1.29, 1.82) is 0 Å². The molecule has 0 saturated carbocycles. The van der Waals surface area contributed by atoms with Crippen LogP contribution in [-0.2, 0) is 11.3 Å². The van der Waals surface area contributed by atoms with Crippen LogP contribution >= 0.6 is 11.3 Å². The van der Waals surface area contributed by atoms with Crippen LogP contribution in [0, 0.1) is 0 Å². The van der Waals surface area contributed by atoms with Gasteiger partial charge in [0.25, 0.3) is 23.3 Å². The maximum Gasteiger partial charge on any atom is 0.290 e. The number of hydrazine groups is 1. The summed E-state index contributed by atoms with van der Waals surface area (Å²) in [5, 5.41) is 9.36. The summed E-state index contributed by atoms with van der Waals surface area (Å²) in [7, 11) is 0. The van der Waals surface area contributed by atoms with Crippen molar-refractivity contribution < 1.29 is 14.4 Å². The van der Waals surface area contributed by atoms with Crippen molar-refractivity contribution in [1.82, 2.24) is 25.9 Å². The minimum atomic E-state index is -0.877. The zero-order valence-electron chi connectivity index (χ0n) is 17.9. The Balaban J connectivity index is 1.72. The van der Waals surface area contributed by atoms with E-state index in [2.05, 4.69) is 28.2 Å². The predicted octanol–water partition coefficient (Wildman–Crippen LogP) is 2.23. The molecule has 3 rings (SSSR count). The molecule has 0 bridgehead atoms. The van der Waals surface area contributed by atoms with Gasteiger partial charge in [0.2, 0.25) is 0 Å². The van der Waals surface area contributed by atoms with Crippen molar-refractivity contribution in [3.63, 3.8) is 0 Å². The Bertz CT molecular complexity index is 1170. The number of aromatic nitrogens is 2. The van der Waals surface area contributed by atoms with Crippen LogP contribution in [0.2, 0.25) is 0 Å². The van der Waals surface area contributed by atoms with Gasteiger partial charge in [-0.3, -0.25) is 30.0 Å². The summed E-state index contributed by atoms with van der Waals surface area (Å²) < 4.78 is 1.29. The molecule has 1 aromatic carbocycles. The Morgan fingerprint density at radius 1 is 1.03 bits per heavy atom. The highest BCUT2D eigenvalue weighted by molar-refractivity contribution is 7.12. The number of hydrogen-bond acceptors (Lipinski definition) is 6. The number of rotatable bonds is 8. The third-order valence-electron chi connectivity index (χ3n) is 4.84. The average Bonchev–Trinajstić information content (AvgIpc) is 3.34. The smallest absolute Gasteiger partial charge is 0.290 e. The number of nitrogens with zero attached hydrogens (tertiary/aromatic N) is 2. The zero-order valence-corrected chi connectivity index (χ0v) is 18.7. The lowest BCUT2D eigenvalue weighted by atomic mass is 10.1. The Labute approximate surface area is 188 Å². The van der Waals surface area contributed by atoms with E-state index in [1.54, 1.807) is 41.8 Å². The molecule has 0 aliphatic rings. The molecule has 10 heteroatoms. The van der Waals surface area contributed by atoms with Crippen molar-refractivity contribution in [2.24, 2.45) is 0 Å². The highest BCUT2D eigenvalue weighted by Gasteiger charge is 2.20. The van der Waals surface area contributed by atoms with Crippen LogP contribution in [0.4, 0.5) is 0 Å². The molecule has 2 heterocycles. The van der Waals surface area contributed by atoms with Gasteiger partial charge in [0.15, 0.2) is 5.69 Å². The molecule has 3 aromatic rings. The molecule has 32 heavy (non-hydrogen) atoms. The largest absolute Gasteiger partial charge is 0.340 e. The number of carbonyl (C=O) groups excluding carboxylic acids is 3. The molecule has 0 fully saturated rings. The highest BCUT2D eigenvalue weighted by Crippen LogP contribution is 2.13. The van der Waals surface area contributed by atoms with Crippen LogP contribution in [0.15, 0.2) is 46.6 Å². The molecule has 0 radical (unpaired) electrons. The lowest BCUT2D eigenvalue weighted by Crippen LogP contribution is -2.51. The topological polar surface area (TPSA) is 122 Å². The van der Waals surface area contributed by atoms with Gasteiger partial charge in [0.1, 0.15) is 6.04 Å². The second kappa shape index (κ2) is 10.7. The summed E-state index contributed by atoms with van der Waals surface area (Å²) in [5.41, 5.74) is 4.41. The van der Waals surface area contributed by atoms with Crippen LogP contribution in [-0.4, -0.2) is 33.5 Å². The SMILES string of the molecule is CCCCCn1nc(C(=O)NNC(=O)C(C)NC(=O)c2cccs2)c2ccccc2c1=O. The molecule has 0 spiro atoms. The lowest BCUT2D eigenvalue weighted by molar-refractivity contribution is -0.123. The molecule has 3 amide bonds. The van der Waals surface area contributed by atoms with E-state index in [1.165, 1.54) is 22.9 Å². The summed E-state index contributed by atoms with van der Waals surface area (Å²) in [4.78, 5) is 50.4. The first kappa shape index (κ1) is 23.1. The average molecular weight is 456 g/mol. The van der Waals surface area contributed by atoms with Crippen LogP contribution < -0.4 is 21.7 Å². The van der Waals surface area contributed by atoms with Gasteiger partial charge in [-0.1, -0.05) is 44.0 Å². The number of aryl methyl sites for hydroxylation is 1. The number of fused-ring (bicyclic) bond motifs is 1. The molecule has 0 aliphatic heterocycles. The van der Waals surface area contributed by atoms with Gasteiger partial charge in [-0.15, -0.1) is 11.3 Å². The molecule has 0 aliphatic carbocycles. The molecule has 1 atom stereocenters. The summed E-state index contributed by atoms with van der Waals surface area (Å²) in [5.74, 6) is -1.62. The first-order valence-corrected chi connectivity index (χ1v) is 11.2. The fourth-order valence-corrected chi connectivity index (χ4v) is 3.72. The third kappa shape index (κ3) is 5.38. The summed E-state index contributed by atoms with van der Waals surface area (Å²) in [6, 6.07) is 9.23. The molecule has 9 nitrogen and oxygen atoms in total. The number of benzene rings is 1. The maximum absolute atomic E-state index is 12.8. The first-order valence-electron chi connectivity index (χ1n) is 10.4. The Morgan fingerprint density at radius 3 is 2.47 bits per heavy atom. The number of unbranched alkanes of at least 4 members (excludes halogenated alkanes) is 2. The zero-order chi connectivity index (χ0) is 23.1. The number of hydrogen-bond donors (Lipinski definition) is 3. The lowest BCUT2D eigenvalue weighted by Gasteiger charge is -2.15. The number of amides is 3. The Hall–Kier alpha value is -3.53. The van der Waals surface area contributed by atoms with E-state index < -0.39 is 17.9 Å². The van der Waals surface area contributed by atoms with Crippen molar-refractivity contribution >= 4 is 39.8 Å². The molecule has 2 aromatic heterocycles. The van der Waals surface area contributed by atoms with Gasteiger partial charge in [-0.25, -0.2) is 4.68 Å². The first-order chi connectivity index (χ1) is 15.4. The van der Waals surface area contributed by atoms with Crippen molar-refractivity contribution in [3.8, 4) is 0 Å². The summed E-state index contributed by atoms with van der Waals surface area (Å²) in [6.45, 7) is 3.96. The maximum atomic E-state index is 12.8. The molecular weight excluding hydrogens is 430 g/mol. The fourth-order valence-electron chi connectivity index (χ4n) is 3.09. The Kier molecular flexibility index (Phi) is 7.72. The van der Waals surface area contributed by atoms with Crippen molar-refractivity contribution in [2.75, 3.05) is 0 Å². The standard InChI is InChI=1S/C22H25N5O4S/c1-3-4-7-12-27-22(31)16-10-6-5-9-15(16)18(26-27)21(30)25-24-19(28)14(2)23-20(29)17-11-8-13-32-17/h5-6,8-11,13-14H,3-4,7,12H2,1-2H3,(H,23,29)(H,24,28)(H,25,30). The summed E-state index contributed by atoms with van der Waals surface area (Å²) in [6.07, 6.45) is 2.69.